The lowest BCUT2D eigenvalue weighted by Crippen LogP contribution is -2.25. The van der Waals surface area contributed by atoms with E-state index in [-0.39, 0.29) is 11.1 Å². The zero-order chi connectivity index (χ0) is 13.9. The number of rotatable bonds is 2. The molecule has 0 radical (unpaired) electrons. The van der Waals surface area contributed by atoms with Gasteiger partial charge in [-0.3, -0.25) is 9.63 Å². The van der Waals surface area contributed by atoms with Crippen LogP contribution in [0.4, 0.5) is 13.2 Å². The van der Waals surface area contributed by atoms with Gasteiger partial charge in [-0.25, -0.2) is 5.06 Å². The zero-order valence-electron chi connectivity index (χ0n) is 9.58. The number of amides is 1. The number of hydrogen-bond acceptors (Lipinski definition) is 3. The highest BCUT2D eigenvalue weighted by molar-refractivity contribution is 5.94. The first-order chi connectivity index (χ1) is 8.29. The average Bonchev–Trinajstić information content (AvgIpc) is 2.35. The summed E-state index contributed by atoms with van der Waals surface area (Å²) >= 11 is 0. The topological polar surface area (TPSA) is 53.3 Å². The maximum absolute atomic E-state index is 12.6. The van der Waals surface area contributed by atoms with Crippen LogP contribution in [0, 0.1) is 11.3 Å². The maximum Gasteiger partial charge on any atom is 0.416 e. The van der Waals surface area contributed by atoms with Gasteiger partial charge < -0.3 is 0 Å². The average molecular weight is 258 g/mol. The molecule has 0 aromatic heterocycles. The molecule has 0 aliphatic carbocycles. The van der Waals surface area contributed by atoms with Crippen LogP contribution in [0.5, 0.6) is 0 Å². The van der Waals surface area contributed by atoms with E-state index < -0.39 is 17.6 Å². The molecule has 0 heterocycles. The highest BCUT2D eigenvalue weighted by Gasteiger charge is 2.32. The summed E-state index contributed by atoms with van der Waals surface area (Å²) in [6.45, 7) is 0. The molecule has 1 rings (SSSR count). The minimum absolute atomic E-state index is 0.238. The van der Waals surface area contributed by atoms with Crippen LogP contribution in [0.25, 0.3) is 0 Å². The molecule has 1 aromatic rings. The molecule has 0 spiro atoms. The van der Waals surface area contributed by atoms with Gasteiger partial charge in [0, 0.05) is 12.6 Å². The Hall–Kier alpha value is -2.07. The van der Waals surface area contributed by atoms with Crippen LogP contribution in [-0.2, 0) is 11.0 Å². The van der Waals surface area contributed by atoms with Gasteiger partial charge in [-0.05, 0) is 18.2 Å². The molecule has 0 aliphatic rings. The van der Waals surface area contributed by atoms with Crippen molar-refractivity contribution in [2.75, 3.05) is 14.2 Å². The van der Waals surface area contributed by atoms with Crippen molar-refractivity contribution < 1.29 is 22.8 Å². The van der Waals surface area contributed by atoms with Gasteiger partial charge in [0.1, 0.15) is 0 Å². The first-order valence-electron chi connectivity index (χ1n) is 4.74. The molecule has 0 unspecified atom stereocenters. The first-order valence-corrected chi connectivity index (χ1v) is 4.74. The normalized spacial score (nSPS) is 10.9. The standard InChI is InChI=1S/C11H9F3N2O2/c1-16(18-2)10(17)8-3-7(6-15)4-9(5-8)11(12,13)14/h3-5H,1-2H3. The summed E-state index contributed by atoms with van der Waals surface area (Å²) < 4.78 is 37.7. The second-order valence-corrected chi connectivity index (χ2v) is 3.39. The van der Waals surface area contributed by atoms with Crippen LogP contribution < -0.4 is 0 Å². The number of carbonyl (C=O) groups is 1. The highest BCUT2D eigenvalue weighted by Crippen LogP contribution is 2.30. The number of nitriles is 1. The molecule has 4 nitrogen and oxygen atoms in total. The molecule has 18 heavy (non-hydrogen) atoms. The molecule has 0 aliphatic heterocycles. The molecule has 0 fully saturated rings. The summed E-state index contributed by atoms with van der Waals surface area (Å²) in [5, 5.41) is 9.43. The van der Waals surface area contributed by atoms with E-state index in [1.165, 1.54) is 14.2 Å². The van der Waals surface area contributed by atoms with Crippen LogP contribution in [0.1, 0.15) is 21.5 Å². The minimum Gasteiger partial charge on any atom is -0.274 e. The quantitative estimate of drug-likeness (QED) is 0.764. The van der Waals surface area contributed by atoms with Gasteiger partial charge in [0.15, 0.2) is 0 Å². The highest BCUT2D eigenvalue weighted by atomic mass is 19.4. The van der Waals surface area contributed by atoms with Gasteiger partial charge in [0.25, 0.3) is 5.91 Å². The van der Waals surface area contributed by atoms with Crippen molar-refractivity contribution in [3.05, 3.63) is 34.9 Å². The zero-order valence-corrected chi connectivity index (χ0v) is 9.58. The SMILES string of the molecule is CON(C)C(=O)c1cc(C#N)cc(C(F)(F)F)c1. The van der Waals surface area contributed by atoms with Crippen molar-refractivity contribution in [1.82, 2.24) is 5.06 Å². The number of hydrogen-bond donors (Lipinski definition) is 0. The van der Waals surface area contributed by atoms with Crippen molar-refractivity contribution in [1.29, 1.82) is 5.26 Å². The summed E-state index contributed by atoms with van der Waals surface area (Å²) in [5.74, 6) is -0.764. The fraction of sp³-hybridized carbons (Fsp3) is 0.273. The molecule has 1 amide bonds. The Balaban J connectivity index is 3.30. The summed E-state index contributed by atoms with van der Waals surface area (Å²) in [7, 11) is 2.46. The third kappa shape index (κ3) is 2.99. The Morgan fingerprint density at radius 3 is 2.44 bits per heavy atom. The molecule has 0 saturated carbocycles. The lowest BCUT2D eigenvalue weighted by atomic mass is 10.1. The van der Waals surface area contributed by atoms with Crippen LogP contribution in [0.2, 0.25) is 0 Å². The molecule has 0 bridgehead atoms. The van der Waals surface area contributed by atoms with E-state index in [1.807, 2.05) is 0 Å². The summed E-state index contributed by atoms with van der Waals surface area (Å²) in [5.41, 5.74) is -1.54. The third-order valence-corrected chi connectivity index (χ3v) is 2.20. The number of carbonyl (C=O) groups excluding carboxylic acids is 1. The van der Waals surface area contributed by atoms with E-state index in [9.17, 15) is 18.0 Å². The lowest BCUT2D eigenvalue weighted by molar-refractivity contribution is -0.137. The summed E-state index contributed by atoms with van der Waals surface area (Å²) in [6.07, 6.45) is -4.62. The van der Waals surface area contributed by atoms with Crippen molar-refractivity contribution in [3.8, 4) is 6.07 Å². The van der Waals surface area contributed by atoms with Crippen LogP contribution in [0.15, 0.2) is 18.2 Å². The molecule has 96 valence electrons. The molecular weight excluding hydrogens is 249 g/mol. The Labute approximate surface area is 101 Å². The minimum atomic E-state index is -4.62. The third-order valence-electron chi connectivity index (χ3n) is 2.20. The van der Waals surface area contributed by atoms with Gasteiger partial charge in [0.05, 0.1) is 24.3 Å². The van der Waals surface area contributed by atoms with Crippen LogP contribution in [-0.4, -0.2) is 25.1 Å². The Kier molecular flexibility index (Phi) is 3.93. The van der Waals surface area contributed by atoms with Gasteiger partial charge in [-0.15, -0.1) is 0 Å². The number of nitrogens with zero attached hydrogens (tertiary/aromatic N) is 2. The lowest BCUT2D eigenvalue weighted by Gasteiger charge is -2.15. The van der Waals surface area contributed by atoms with Gasteiger partial charge in [0.2, 0.25) is 0 Å². The maximum atomic E-state index is 12.6. The number of halogens is 3. The van der Waals surface area contributed by atoms with Gasteiger partial charge in [-0.1, -0.05) is 0 Å². The van der Waals surface area contributed by atoms with Crippen LogP contribution in [0.3, 0.4) is 0 Å². The van der Waals surface area contributed by atoms with Crippen molar-refractivity contribution in [2.45, 2.75) is 6.18 Å². The van der Waals surface area contributed by atoms with E-state index in [1.54, 1.807) is 6.07 Å². The van der Waals surface area contributed by atoms with E-state index in [0.717, 1.165) is 11.1 Å². The first kappa shape index (κ1) is 14.0. The molecule has 0 atom stereocenters. The summed E-state index contributed by atoms with van der Waals surface area (Å²) in [4.78, 5) is 16.2. The van der Waals surface area contributed by atoms with Crippen molar-refractivity contribution >= 4 is 5.91 Å². The van der Waals surface area contributed by atoms with E-state index in [2.05, 4.69) is 4.84 Å². The van der Waals surface area contributed by atoms with Crippen LogP contribution >= 0.6 is 0 Å². The van der Waals surface area contributed by atoms with E-state index in [4.69, 9.17) is 5.26 Å². The fourth-order valence-corrected chi connectivity index (χ4v) is 1.24. The molecule has 0 saturated heterocycles. The Bertz CT molecular complexity index is 506. The smallest absolute Gasteiger partial charge is 0.274 e. The molecule has 7 heteroatoms. The Morgan fingerprint density at radius 1 is 1.39 bits per heavy atom. The predicted molar refractivity (Wildman–Crippen MR) is 55.3 cm³/mol. The number of hydroxylamine groups is 2. The summed E-state index contributed by atoms with van der Waals surface area (Å²) in [6, 6.07) is 4.02. The second-order valence-electron chi connectivity index (χ2n) is 3.39. The molecular formula is C11H9F3N2O2. The number of benzene rings is 1. The van der Waals surface area contributed by atoms with E-state index >= 15 is 0 Å². The van der Waals surface area contributed by atoms with Gasteiger partial charge >= 0.3 is 6.18 Å². The predicted octanol–water partition coefficient (Wildman–Crippen LogP) is 2.21. The van der Waals surface area contributed by atoms with E-state index in [0.29, 0.717) is 12.1 Å². The fourth-order valence-electron chi connectivity index (χ4n) is 1.24. The van der Waals surface area contributed by atoms with Crippen molar-refractivity contribution in [3.63, 3.8) is 0 Å². The largest absolute Gasteiger partial charge is 0.416 e. The number of alkyl halides is 3. The van der Waals surface area contributed by atoms with Gasteiger partial charge in [-0.2, -0.15) is 18.4 Å². The Morgan fingerprint density at radius 2 is 2.00 bits per heavy atom. The second kappa shape index (κ2) is 5.06. The van der Waals surface area contributed by atoms with Crippen molar-refractivity contribution in [2.24, 2.45) is 0 Å². The molecule has 0 N–H and O–H groups in total. The monoisotopic (exact) mass is 258 g/mol. The molecule has 1 aromatic carbocycles.